The first-order valence-corrected chi connectivity index (χ1v) is 11.5. The number of hydrogen-bond donors (Lipinski definition) is 1. The van der Waals surface area contributed by atoms with Crippen LogP contribution >= 0.6 is 0 Å². The van der Waals surface area contributed by atoms with E-state index in [1.807, 2.05) is 23.1 Å². The summed E-state index contributed by atoms with van der Waals surface area (Å²) in [5.74, 6) is 1.55. The third-order valence-corrected chi connectivity index (χ3v) is 7.10. The zero-order valence-electron chi connectivity index (χ0n) is 17.0. The number of nitrogens with one attached hydrogen (secondary N) is 1. The summed E-state index contributed by atoms with van der Waals surface area (Å²) in [6.45, 7) is 4.81. The van der Waals surface area contributed by atoms with E-state index in [1.165, 1.54) is 0 Å². The van der Waals surface area contributed by atoms with Crippen molar-refractivity contribution in [2.45, 2.75) is 44.0 Å². The fourth-order valence-electron chi connectivity index (χ4n) is 4.05. The summed E-state index contributed by atoms with van der Waals surface area (Å²) < 4.78 is 43.6. The van der Waals surface area contributed by atoms with Crippen LogP contribution in [0.2, 0.25) is 0 Å². The minimum absolute atomic E-state index is 0.00951. The molecule has 3 heterocycles. The van der Waals surface area contributed by atoms with Gasteiger partial charge in [0.15, 0.2) is 17.3 Å². The molecule has 0 radical (unpaired) electrons. The van der Waals surface area contributed by atoms with Gasteiger partial charge in [-0.3, -0.25) is 4.79 Å². The number of hydrogen-bond acceptors (Lipinski definition) is 7. The Hall–Kier alpha value is -2.59. The van der Waals surface area contributed by atoms with Crippen LogP contribution in [0.4, 0.5) is 0 Å². The molecule has 2 aliphatic rings. The number of ether oxygens (including phenoxy) is 2. The SMILES string of the molecule is Cc1noc(C)c1S(=O)(=O)NCCC(=O)N1CCC[C@H]1c1ccc2c(c1)OCCO2. The van der Waals surface area contributed by atoms with Crippen LogP contribution < -0.4 is 14.2 Å². The van der Waals surface area contributed by atoms with Crippen molar-refractivity contribution in [1.82, 2.24) is 14.8 Å². The van der Waals surface area contributed by atoms with E-state index in [4.69, 9.17) is 14.0 Å². The van der Waals surface area contributed by atoms with Crippen LogP contribution in [0.15, 0.2) is 27.6 Å². The molecule has 10 heteroatoms. The summed E-state index contributed by atoms with van der Waals surface area (Å²) in [6, 6.07) is 5.73. The second kappa shape index (κ2) is 8.27. The topological polar surface area (TPSA) is 111 Å². The van der Waals surface area contributed by atoms with Gasteiger partial charge in [0.25, 0.3) is 0 Å². The van der Waals surface area contributed by atoms with Gasteiger partial charge in [0.2, 0.25) is 15.9 Å². The molecule has 9 nitrogen and oxygen atoms in total. The molecule has 1 aromatic carbocycles. The van der Waals surface area contributed by atoms with Crippen molar-refractivity contribution in [3.8, 4) is 11.5 Å². The Kier molecular flexibility index (Phi) is 5.70. The minimum Gasteiger partial charge on any atom is -0.486 e. The molecule has 1 aromatic heterocycles. The maximum atomic E-state index is 12.8. The number of fused-ring (bicyclic) bond motifs is 1. The molecule has 0 aliphatic carbocycles. The van der Waals surface area contributed by atoms with Gasteiger partial charge in [-0.1, -0.05) is 11.2 Å². The minimum atomic E-state index is -3.78. The predicted molar refractivity (Wildman–Crippen MR) is 107 cm³/mol. The molecule has 0 spiro atoms. The number of benzene rings is 1. The normalized spacial score (nSPS) is 18.6. The van der Waals surface area contributed by atoms with Crippen molar-refractivity contribution in [2.75, 3.05) is 26.3 Å². The molecule has 0 saturated carbocycles. The average molecular weight is 436 g/mol. The van der Waals surface area contributed by atoms with Crippen molar-refractivity contribution < 1.29 is 27.2 Å². The molecule has 4 rings (SSSR count). The fraction of sp³-hybridized carbons (Fsp3) is 0.500. The quantitative estimate of drug-likeness (QED) is 0.740. The smallest absolute Gasteiger partial charge is 0.245 e. The Morgan fingerprint density at radius 2 is 2.00 bits per heavy atom. The van der Waals surface area contributed by atoms with Crippen molar-refractivity contribution in [1.29, 1.82) is 0 Å². The van der Waals surface area contributed by atoms with E-state index >= 15 is 0 Å². The summed E-state index contributed by atoms with van der Waals surface area (Å²) in [6.07, 6.45) is 1.83. The maximum absolute atomic E-state index is 12.8. The molecule has 1 N–H and O–H groups in total. The van der Waals surface area contributed by atoms with Crippen LogP contribution in [0.25, 0.3) is 0 Å². The Balaban J connectivity index is 1.40. The second-order valence-electron chi connectivity index (χ2n) is 7.45. The summed E-state index contributed by atoms with van der Waals surface area (Å²) >= 11 is 0. The third-order valence-electron chi connectivity index (χ3n) is 5.39. The van der Waals surface area contributed by atoms with Gasteiger partial charge in [0, 0.05) is 19.5 Å². The number of aromatic nitrogens is 1. The molecule has 1 fully saturated rings. The van der Waals surface area contributed by atoms with Crippen LogP contribution in [0.3, 0.4) is 0 Å². The van der Waals surface area contributed by atoms with E-state index in [-0.39, 0.29) is 35.6 Å². The summed E-state index contributed by atoms with van der Waals surface area (Å²) in [7, 11) is -3.78. The highest BCUT2D eigenvalue weighted by Gasteiger charge is 2.31. The van der Waals surface area contributed by atoms with Crippen LogP contribution in [0.1, 0.15) is 42.3 Å². The summed E-state index contributed by atoms with van der Waals surface area (Å²) in [4.78, 5) is 14.7. The van der Waals surface area contributed by atoms with E-state index in [0.29, 0.717) is 31.2 Å². The molecule has 2 aliphatic heterocycles. The molecule has 0 bridgehead atoms. The molecular weight excluding hydrogens is 410 g/mol. The predicted octanol–water partition coefficient (Wildman–Crippen LogP) is 2.09. The van der Waals surface area contributed by atoms with Gasteiger partial charge in [-0.25, -0.2) is 13.1 Å². The number of likely N-dealkylation sites (tertiary alicyclic amines) is 1. The Labute approximate surface area is 175 Å². The molecule has 1 atom stereocenters. The first-order valence-electron chi connectivity index (χ1n) is 9.98. The van der Waals surface area contributed by atoms with Crippen LogP contribution in [0, 0.1) is 13.8 Å². The number of aryl methyl sites for hydroxylation is 2. The molecule has 162 valence electrons. The number of carbonyl (C=O) groups excluding carboxylic acids is 1. The second-order valence-corrected chi connectivity index (χ2v) is 9.15. The van der Waals surface area contributed by atoms with Crippen molar-refractivity contribution in [2.24, 2.45) is 0 Å². The molecule has 30 heavy (non-hydrogen) atoms. The van der Waals surface area contributed by atoms with Gasteiger partial charge in [0.1, 0.15) is 23.8 Å². The fourth-order valence-corrected chi connectivity index (χ4v) is 5.40. The van der Waals surface area contributed by atoms with Gasteiger partial charge in [-0.15, -0.1) is 0 Å². The molecule has 1 amide bonds. The zero-order chi connectivity index (χ0) is 21.3. The monoisotopic (exact) mass is 435 g/mol. The molecule has 2 aromatic rings. The van der Waals surface area contributed by atoms with Crippen molar-refractivity contribution >= 4 is 15.9 Å². The average Bonchev–Trinajstić information content (AvgIpc) is 3.34. The first kappa shape index (κ1) is 20.7. The number of carbonyl (C=O) groups is 1. The Morgan fingerprint density at radius 1 is 1.23 bits per heavy atom. The van der Waals surface area contributed by atoms with Crippen LogP contribution in [0.5, 0.6) is 11.5 Å². The number of sulfonamides is 1. The van der Waals surface area contributed by atoms with Crippen molar-refractivity contribution in [3.05, 3.63) is 35.2 Å². The van der Waals surface area contributed by atoms with Crippen LogP contribution in [-0.2, 0) is 14.8 Å². The lowest BCUT2D eigenvalue weighted by molar-refractivity contribution is -0.131. The maximum Gasteiger partial charge on any atom is 0.245 e. The van der Waals surface area contributed by atoms with Gasteiger partial charge < -0.3 is 18.9 Å². The lowest BCUT2D eigenvalue weighted by Gasteiger charge is -2.27. The highest BCUT2D eigenvalue weighted by atomic mass is 32.2. The largest absolute Gasteiger partial charge is 0.486 e. The molecule has 1 saturated heterocycles. The van der Waals surface area contributed by atoms with E-state index in [2.05, 4.69) is 9.88 Å². The highest BCUT2D eigenvalue weighted by molar-refractivity contribution is 7.89. The van der Waals surface area contributed by atoms with Gasteiger partial charge in [0.05, 0.1) is 6.04 Å². The lowest BCUT2D eigenvalue weighted by atomic mass is 10.0. The molecular formula is C20H25N3O6S. The summed E-state index contributed by atoms with van der Waals surface area (Å²) in [5.41, 5.74) is 1.30. The zero-order valence-corrected chi connectivity index (χ0v) is 17.8. The van der Waals surface area contributed by atoms with E-state index in [9.17, 15) is 13.2 Å². The van der Waals surface area contributed by atoms with Gasteiger partial charge >= 0.3 is 0 Å². The molecule has 0 unspecified atom stereocenters. The standard InChI is InChI=1S/C20H25N3O6S/c1-13-20(14(2)29-22-13)30(25,26)21-8-7-19(24)23-9-3-4-16(23)15-5-6-17-18(12-15)28-11-10-27-17/h5-6,12,16,21H,3-4,7-11H2,1-2H3/t16-/m0/s1. The highest BCUT2D eigenvalue weighted by Crippen LogP contribution is 2.38. The Bertz CT molecular complexity index is 1030. The lowest BCUT2D eigenvalue weighted by Crippen LogP contribution is -2.34. The summed E-state index contributed by atoms with van der Waals surface area (Å²) in [5, 5.41) is 3.67. The Morgan fingerprint density at radius 3 is 2.73 bits per heavy atom. The number of amides is 1. The van der Waals surface area contributed by atoms with E-state index in [0.717, 1.165) is 24.2 Å². The van der Waals surface area contributed by atoms with Gasteiger partial charge in [-0.2, -0.15) is 0 Å². The van der Waals surface area contributed by atoms with Crippen molar-refractivity contribution in [3.63, 3.8) is 0 Å². The number of rotatable bonds is 6. The third kappa shape index (κ3) is 4.01. The van der Waals surface area contributed by atoms with Gasteiger partial charge in [-0.05, 0) is 44.4 Å². The van der Waals surface area contributed by atoms with E-state index in [1.54, 1.807) is 13.8 Å². The van der Waals surface area contributed by atoms with Crippen LogP contribution in [-0.4, -0.2) is 50.7 Å². The van der Waals surface area contributed by atoms with E-state index < -0.39 is 10.0 Å². The number of nitrogens with zero attached hydrogens (tertiary/aromatic N) is 2. The first-order chi connectivity index (χ1) is 14.4.